The molecule has 2 unspecified atom stereocenters. The Labute approximate surface area is 192 Å². The molecule has 0 spiro atoms. The second kappa shape index (κ2) is 13.1. The number of nitrogens with one attached hydrogen (secondary N) is 1. The molecule has 0 saturated carbocycles. The van der Waals surface area contributed by atoms with Gasteiger partial charge in [-0.3, -0.25) is 9.89 Å². The topological polar surface area (TPSA) is 58.6 Å². The summed E-state index contributed by atoms with van der Waals surface area (Å²) in [5.74, 6) is 2.50. The van der Waals surface area contributed by atoms with Gasteiger partial charge < -0.3 is 24.4 Å². The molecule has 0 bridgehead atoms. The molecule has 0 aromatic heterocycles. The van der Waals surface area contributed by atoms with Gasteiger partial charge >= 0.3 is 0 Å². The Kier molecular flexibility index (Phi) is 11.7. The lowest BCUT2D eigenvalue weighted by molar-refractivity contribution is -0.0166. The van der Waals surface area contributed by atoms with E-state index in [1.54, 1.807) is 14.2 Å². The molecule has 0 amide bonds. The van der Waals surface area contributed by atoms with Crippen LogP contribution in [0.1, 0.15) is 26.3 Å². The third-order valence-electron chi connectivity index (χ3n) is 5.09. The molecule has 1 aromatic rings. The van der Waals surface area contributed by atoms with Crippen molar-refractivity contribution in [1.29, 1.82) is 0 Å². The molecule has 1 heterocycles. The zero-order chi connectivity index (χ0) is 20.5. The Morgan fingerprint density at radius 3 is 2.76 bits per heavy atom. The predicted octanol–water partition coefficient (Wildman–Crippen LogP) is 2.83. The lowest BCUT2D eigenvalue weighted by Gasteiger charge is -2.37. The first-order chi connectivity index (χ1) is 13.5. The lowest BCUT2D eigenvalue weighted by atomic mass is 10.2. The number of nitrogens with zero attached hydrogens (tertiary/aromatic N) is 3. The number of benzene rings is 1. The Morgan fingerprint density at radius 1 is 1.38 bits per heavy atom. The monoisotopic (exact) mass is 520 g/mol. The maximum absolute atomic E-state index is 5.55. The van der Waals surface area contributed by atoms with E-state index in [4.69, 9.17) is 19.2 Å². The van der Waals surface area contributed by atoms with Gasteiger partial charge in [-0.05, 0) is 32.9 Å². The first-order valence-electron chi connectivity index (χ1n) is 10.0. The number of hydrogen-bond donors (Lipinski definition) is 1. The van der Waals surface area contributed by atoms with Crippen molar-refractivity contribution in [2.75, 3.05) is 54.1 Å². The molecule has 166 valence electrons. The van der Waals surface area contributed by atoms with Gasteiger partial charge in [0.1, 0.15) is 11.5 Å². The van der Waals surface area contributed by atoms with Crippen molar-refractivity contribution in [3.05, 3.63) is 23.8 Å². The zero-order valence-corrected chi connectivity index (χ0v) is 20.9. The summed E-state index contributed by atoms with van der Waals surface area (Å²) in [5, 5.41) is 3.40. The second-order valence-corrected chi connectivity index (χ2v) is 7.24. The molecule has 2 rings (SSSR count). The van der Waals surface area contributed by atoms with Gasteiger partial charge in [0.25, 0.3) is 0 Å². The molecule has 2 atom stereocenters. The van der Waals surface area contributed by atoms with Gasteiger partial charge in [0.15, 0.2) is 5.96 Å². The molecule has 0 aliphatic carbocycles. The van der Waals surface area contributed by atoms with Crippen LogP contribution in [-0.4, -0.2) is 82.0 Å². The van der Waals surface area contributed by atoms with Gasteiger partial charge in [-0.15, -0.1) is 24.0 Å². The van der Waals surface area contributed by atoms with Gasteiger partial charge in [-0.25, -0.2) is 0 Å². The largest absolute Gasteiger partial charge is 0.497 e. The van der Waals surface area contributed by atoms with E-state index < -0.39 is 0 Å². The van der Waals surface area contributed by atoms with Crippen molar-refractivity contribution in [2.45, 2.75) is 39.4 Å². The minimum absolute atomic E-state index is 0. The Hall–Kier alpha value is -1.26. The summed E-state index contributed by atoms with van der Waals surface area (Å²) in [6.45, 7) is 11.4. The van der Waals surface area contributed by atoms with Gasteiger partial charge in [0.2, 0.25) is 0 Å². The number of rotatable bonds is 8. The summed E-state index contributed by atoms with van der Waals surface area (Å²) in [6.07, 6.45) is 0. The minimum Gasteiger partial charge on any atom is -0.497 e. The molecule has 29 heavy (non-hydrogen) atoms. The summed E-state index contributed by atoms with van der Waals surface area (Å²) in [4.78, 5) is 9.50. The zero-order valence-electron chi connectivity index (χ0n) is 18.6. The Balaban J connectivity index is 0.00000420. The summed E-state index contributed by atoms with van der Waals surface area (Å²) in [5.41, 5.74) is 1.09. The van der Waals surface area contributed by atoms with Crippen LogP contribution in [-0.2, 0) is 11.3 Å². The van der Waals surface area contributed by atoms with Crippen LogP contribution in [0.15, 0.2) is 23.2 Å². The normalized spacial score (nSPS) is 18.6. The van der Waals surface area contributed by atoms with Crippen molar-refractivity contribution in [3.8, 4) is 11.5 Å². The Morgan fingerprint density at radius 2 is 2.14 bits per heavy atom. The van der Waals surface area contributed by atoms with Gasteiger partial charge in [-0.2, -0.15) is 0 Å². The van der Waals surface area contributed by atoms with E-state index >= 15 is 0 Å². The van der Waals surface area contributed by atoms with E-state index in [2.05, 4.69) is 35.9 Å². The molecular formula is C21H37IN4O3. The van der Waals surface area contributed by atoms with Crippen molar-refractivity contribution in [2.24, 2.45) is 4.99 Å². The SMILES string of the molecule is CCNC(=NCC(C)N1CCOCC1C)N(C)Cc1ccc(OC)cc1OC.I. The average molecular weight is 520 g/mol. The van der Waals surface area contributed by atoms with Crippen LogP contribution in [0.2, 0.25) is 0 Å². The van der Waals surface area contributed by atoms with Crippen molar-refractivity contribution in [3.63, 3.8) is 0 Å². The van der Waals surface area contributed by atoms with E-state index in [0.29, 0.717) is 18.6 Å². The number of methoxy groups -OCH3 is 2. The van der Waals surface area contributed by atoms with Crippen LogP contribution < -0.4 is 14.8 Å². The van der Waals surface area contributed by atoms with Crippen molar-refractivity contribution >= 4 is 29.9 Å². The van der Waals surface area contributed by atoms with Crippen LogP contribution in [0.3, 0.4) is 0 Å². The molecular weight excluding hydrogens is 483 g/mol. The highest BCUT2D eigenvalue weighted by Gasteiger charge is 2.23. The summed E-state index contributed by atoms with van der Waals surface area (Å²) < 4.78 is 16.4. The molecule has 7 nitrogen and oxygen atoms in total. The van der Waals surface area contributed by atoms with Gasteiger partial charge in [-0.1, -0.05) is 0 Å². The fraction of sp³-hybridized carbons (Fsp3) is 0.667. The maximum atomic E-state index is 5.55. The van der Waals surface area contributed by atoms with E-state index in [9.17, 15) is 0 Å². The number of ether oxygens (including phenoxy) is 3. The Bertz CT molecular complexity index is 644. The predicted molar refractivity (Wildman–Crippen MR) is 129 cm³/mol. The van der Waals surface area contributed by atoms with E-state index in [0.717, 1.165) is 55.9 Å². The van der Waals surface area contributed by atoms with Crippen LogP contribution in [0.25, 0.3) is 0 Å². The number of aliphatic imine (C=N–C) groups is 1. The summed E-state index contributed by atoms with van der Waals surface area (Å²) >= 11 is 0. The second-order valence-electron chi connectivity index (χ2n) is 7.24. The van der Waals surface area contributed by atoms with Crippen LogP contribution in [0, 0.1) is 0 Å². The molecule has 1 aliphatic rings. The first kappa shape index (κ1) is 25.8. The summed E-state index contributed by atoms with van der Waals surface area (Å²) in [7, 11) is 5.39. The van der Waals surface area contributed by atoms with Crippen molar-refractivity contribution in [1.82, 2.24) is 15.1 Å². The number of hydrogen-bond acceptors (Lipinski definition) is 5. The maximum Gasteiger partial charge on any atom is 0.194 e. The highest BCUT2D eigenvalue weighted by atomic mass is 127. The molecule has 8 heteroatoms. The smallest absolute Gasteiger partial charge is 0.194 e. The third kappa shape index (κ3) is 7.49. The van der Waals surface area contributed by atoms with Crippen LogP contribution >= 0.6 is 24.0 Å². The molecule has 1 saturated heterocycles. The van der Waals surface area contributed by atoms with Gasteiger partial charge in [0.05, 0.1) is 34.0 Å². The van der Waals surface area contributed by atoms with Crippen LogP contribution in [0.5, 0.6) is 11.5 Å². The fourth-order valence-corrected chi connectivity index (χ4v) is 3.50. The molecule has 1 aromatic carbocycles. The molecule has 0 radical (unpaired) electrons. The average Bonchev–Trinajstić information content (AvgIpc) is 2.71. The molecule has 1 fully saturated rings. The molecule has 1 N–H and O–H groups in total. The molecule has 1 aliphatic heterocycles. The fourth-order valence-electron chi connectivity index (χ4n) is 3.50. The third-order valence-corrected chi connectivity index (χ3v) is 5.09. The minimum atomic E-state index is 0. The highest BCUT2D eigenvalue weighted by molar-refractivity contribution is 14.0. The number of morpholine rings is 1. The quantitative estimate of drug-likeness (QED) is 0.323. The van der Waals surface area contributed by atoms with E-state index in [-0.39, 0.29) is 24.0 Å². The van der Waals surface area contributed by atoms with E-state index in [1.807, 2.05) is 25.2 Å². The highest BCUT2D eigenvalue weighted by Crippen LogP contribution is 2.25. The lowest BCUT2D eigenvalue weighted by Crippen LogP contribution is -2.49. The summed E-state index contributed by atoms with van der Waals surface area (Å²) in [6, 6.07) is 6.71. The number of halogens is 1. The van der Waals surface area contributed by atoms with Gasteiger partial charge in [0, 0.05) is 50.4 Å². The standard InChI is InChI=1S/C21H36N4O3.HI/c1-7-22-21(23-13-16(2)25-10-11-28-15-17(25)3)24(4)14-18-8-9-19(26-5)12-20(18)27-6;/h8-9,12,16-17H,7,10-11,13-15H2,1-6H3,(H,22,23);1H. The van der Waals surface area contributed by atoms with E-state index in [1.165, 1.54) is 0 Å². The first-order valence-corrected chi connectivity index (χ1v) is 10.0. The van der Waals surface area contributed by atoms with Crippen LogP contribution in [0.4, 0.5) is 0 Å². The van der Waals surface area contributed by atoms with Crippen molar-refractivity contribution < 1.29 is 14.2 Å². The number of guanidine groups is 1.